The van der Waals surface area contributed by atoms with Gasteiger partial charge in [0.15, 0.2) is 0 Å². The van der Waals surface area contributed by atoms with Crippen LogP contribution >= 0.6 is 0 Å². The fourth-order valence-corrected chi connectivity index (χ4v) is 7.61. The molecule has 0 bridgehead atoms. The molecule has 1 heteroatoms. The number of hydrogen-bond donors (Lipinski definition) is 0. The van der Waals surface area contributed by atoms with Crippen LogP contribution in [0.2, 0.25) is 0 Å². The maximum atomic E-state index is 10.2. The lowest BCUT2D eigenvalue weighted by Crippen LogP contribution is -2.42. The van der Waals surface area contributed by atoms with Gasteiger partial charge in [-0.15, -0.1) is 0 Å². The summed E-state index contributed by atoms with van der Waals surface area (Å²) in [6.45, 7) is 4.61. The van der Waals surface area contributed by atoms with E-state index in [0.29, 0.717) is 0 Å². The van der Waals surface area contributed by atoms with Crippen LogP contribution in [-0.2, 0) is 0 Å². The van der Waals surface area contributed by atoms with Crippen molar-refractivity contribution in [3.63, 3.8) is 0 Å². The maximum Gasteiger partial charge on any atom is 0.0692 e. The summed E-state index contributed by atoms with van der Waals surface area (Å²) in [5, 5.41) is 10.2. The lowest BCUT2D eigenvalue weighted by Gasteiger charge is -2.50. The van der Waals surface area contributed by atoms with Gasteiger partial charge >= 0.3 is 0 Å². The van der Waals surface area contributed by atoms with Crippen molar-refractivity contribution in [2.24, 2.45) is 35.0 Å². The van der Waals surface area contributed by atoms with Crippen molar-refractivity contribution in [1.82, 2.24) is 0 Å². The van der Waals surface area contributed by atoms with E-state index in [9.17, 15) is 5.26 Å². The van der Waals surface area contributed by atoms with Gasteiger partial charge in [-0.05, 0) is 74.5 Å². The second-order valence-electron chi connectivity index (χ2n) is 11.6. The fourth-order valence-electron chi connectivity index (χ4n) is 7.61. The molecule has 0 spiro atoms. The van der Waals surface area contributed by atoms with Crippen LogP contribution < -0.4 is 0 Å². The Kier molecular flexibility index (Phi) is 10.1. The normalized spacial score (nSPS) is 36.8. The van der Waals surface area contributed by atoms with Gasteiger partial charge in [-0.1, -0.05) is 97.3 Å². The van der Waals surface area contributed by atoms with Crippen LogP contribution in [0.5, 0.6) is 0 Å². The van der Waals surface area contributed by atoms with Crippen LogP contribution in [0.25, 0.3) is 0 Å². The molecule has 1 unspecified atom stereocenters. The Morgan fingerprint density at radius 1 is 0.700 bits per heavy atom. The van der Waals surface area contributed by atoms with E-state index in [-0.39, 0.29) is 5.41 Å². The molecule has 3 saturated carbocycles. The molecule has 3 aliphatic rings. The third-order valence-corrected chi connectivity index (χ3v) is 9.62. The Balaban J connectivity index is 1.41. The molecule has 0 aliphatic heterocycles. The largest absolute Gasteiger partial charge is 0.198 e. The zero-order valence-corrected chi connectivity index (χ0v) is 20.5. The van der Waals surface area contributed by atoms with E-state index in [2.05, 4.69) is 19.9 Å². The van der Waals surface area contributed by atoms with Crippen molar-refractivity contribution in [1.29, 1.82) is 5.26 Å². The fraction of sp³-hybridized carbons (Fsp3) is 0.966. The molecule has 30 heavy (non-hydrogen) atoms. The monoisotopic (exact) mass is 413 g/mol. The highest BCUT2D eigenvalue weighted by atomic mass is 14.5. The van der Waals surface area contributed by atoms with E-state index < -0.39 is 0 Å². The minimum atomic E-state index is 0.0569. The molecular weight excluding hydrogens is 362 g/mol. The van der Waals surface area contributed by atoms with Gasteiger partial charge in [0.1, 0.15) is 0 Å². The summed E-state index contributed by atoms with van der Waals surface area (Å²) in [5.41, 5.74) is 0.0569. The van der Waals surface area contributed by atoms with E-state index >= 15 is 0 Å². The number of nitriles is 1. The van der Waals surface area contributed by atoms with Gasteiger partial charge in [-0.2, -0.15) is 5.26 Å². The Labute approximate surface area is 188 Å². The molecule has 3 fully saturated rings. The Morgan fingerprint density at radius 2 is 1.33 bits per heavy atom. The van der Waals surface area contributed by atoms with Crippen LogP contribution in [0.15, 0.2) is 0 Å². The molecule has 4 atom stereocenters. The molecule has 3 aliphatic carbocycles. The zero-order chi connectivity index (χ0) is 21.2. The van der Waals surface area contributed by atoms with Crippen LogP contribution in [0.1, 0.15) is 142 Å². The predicted octanol–water partition coefficient (Wildman–Crippen LogP) is 9.46. The first kappa shape index (κ1) is 24.1. The SMILES string of the molecule is CCCCCCCC1CCC(C2CC[C@]3(C#N)C[C@H](CCCCC)CC[C@@H]3C2)CC1. The lowest BCUT2D eigenvalue weighted by atomic mass is 9.53. The first-order chi connectivity index (χ1) is 14.7. The number of unbranched alkanes of at least 4 members (excludes halogenated alkanes) is 6. The summed E-state index contributed by atoms with van der Waals surface area (Å²) in [6.07, 6.45) is 28.1. The van der Waals surface area contributed by atoms with Crippen molar-refractivity contribution in [3.8, 4) is 6.07 Å². The molecule has 0 amide bonds. The van der Waals surface area contributed by atoms with Crippen molar-refractivity contribution < 1.29 is 0 Å². The summed E-state index contributed by atoms with van der Waals surface area (Å²) in [5.74, 6) is 4.53. The quantitative estimate of drug-likeness (QED) is 0.309. The Bertz CT molecular complexity index is 511. The summed E-state index contributed by atoms with van der Waals surface area (Å²) in [6, 6.07) is 2.91. The Hall–Kier alpha value is -0.510. The second-order valence-corrected chi connectivity index (χ2v) is 11.6. The van der Waals surface area contributed by atoms with E-state index in [1.807, 2.05) is 0 Å². The van der Waals surface area contributed by atoms with Crippen LogP contribution in [0, 0.1) is 46.3 Å². The van der Waals surface area contributed by atoms with Gasteiger partial charge in [0.2, 0.25) is 0 Å². The first-order valence-electron chi connectivity index (χ1n) is 14.1. The van der Waals surface area contributed by atoms with Crippen molar-refractivity contribution >= 4 is 0 Å². The first-order valence-corrected chi connectivity index (χ1v) is 14.1. The third-order valence-electron chi connectivity index (χ3n) is 9.62. The van der Waals surface area contributed by atoms with Gasteiger partial charge in [-0.3, -0.25) is 0 Å². The Morgan fingerprint density at radius 3 is 2.07 bits per heavy atom. The van der Waals surface area contributed by atoms with Gasteiger partial charge in [0, 0.05) is 0 Å². The van der Waals surface area contributed by atoms with Crippen LogP contribution in [0.4, 0.5) is 0 Å². The van der Waals surface area contributed by atoms with Crippen LogP contribution in [0.3, 0.4) is 0 Å². The topological polar surface area (TPSA) is 23.8 Å². The average Bonchev–Trinajstić information content (AvgIpc) is 2.79. The maximum absolute atomic E-state index is 10.2. The second kappa shape index (κ2) is 12.5. The lowest BCUT2D eigenvalue weighted by molar-refractivity contribution is 0.0146. The molecule has 0 radical (unpaired) electrons. The van der Waals surface area contributed by atoms with Crippen molar-refractivity contribution in [3.05, 3.63) is 0 Å². The summed E-state index contributed by atoms with van der Waals surface area (Å²) < 4.78 is 0. The predicted molar refractivity (Wildman–Crippen MR) is 129 cm³/mol. The number of nitrogens with zero attached hydrogens (tertiary/aromatic N) is 1. The van der Waals surface area contributed by atoms with Crippen LogP contribution in [-0.4, -0.2) is 0 Å². The molecule has 0 aromatic rings. The van der Waals surface area contributed by atoms with E-state index in [4.69, 9.17) is 0 Å². The molecule has 3 rings (SSSR count). The molecule has 0 saturated heterocycles. The van der Waals surface area contributed by atoms with E-state index in [1.54, 1.807) is 0 Å². The van der Waals surface area contributed by atoms with Gasteiger partial charge in [0.25, 0.3) is 0 Å². The highest BCUT2D eigenvalue weighted by molar-refractivity contribution is 5.09. The molecule has 0 aromatic carbocycles. The standard InChI is InChI=1S/C29H51N/c1-3-5-7-8-10-11-24-13-16-26(17-14-24)27-19-20-29(23-30)22-25(12-9-6-4-2)15-18-28(29)21-27/h24-28H,3-22H2,1-2H3/t24?,25-,26?,27?,28-,29-/m1/s1. The van der Waals surface area contributed by atoms with E-state index in [0.717, 1.165) is 29.6 Å². The molecule has 0 aromatic heterocycles. The minimum absolute atomic E-state index is 0.0569. The summed E-state index contributed by atoms with van der Waals surface area (Å²) >= 11 is 0. The smallest absolute Gasteiger partial charge is 0.0692 e. The van der Waals surface area contributed by atoms with Crippen molar-refractivity contribution in [2.45, 2.75) is 142 Å². The summed E-state index contributed by atoms with van der Waals surface area (Å²) in [7, 11) is 0. The van der Waals surface area contributed by atoms with Gasteiger partial charge in [-0.25, -0.2) is 0 Å². The number of rotatable bonds is 11. The molecule has 0 heterocycles. The highest BCUT2D eigenvalue weighted by Gasteiger charge is 2.48. The number of fused-ring (bicyclic) bond motifs is 1. The number of hydrogen-bond acceptors (Lipinski definition) is 1. The minimum Gasteiger partial charge on any atom is -0.198 e. The molecule has 172 valence electrons. The third kappa shape index (κ3) is 6.50. The molecule has 1 nitrogen and oxygen atoms in total. The van der Waals surface area contributed by atoms with E-state index in [1.165, 1.54) is 128 Å². The summed E-state index contributed by atoms with van der Waals surface area (Å²) in [4.78, 5) is 0. The molecule has 0 N–H and O–H groups in total. The van der Waals surface area contributed by atoms with Crippen molar-refractivity contribution in [2.75, 3.05) is 0 Å². The van der Waals surface area contributed by atoms with Gasteiger partial charge in [0.05, 0.1) is 11.5 Å². The van der Waals surface area contributed by atoms with Gasteiger partial charge < -0.3 is 0 Å². The highest BCUT2D eigenvalue weighted by Crippen LogP contribution is 2.56. The molecular formula is C29H51N. The zero-order valence-electron chi connectivity index (χ0n) is 20.5. The average molecular weight is 414 g/mol.